The molecule has 5 nitrogen and oxygen atoms in total. The minimum absolute atomic E-state index is 0.134. The van der Waals surface area contributed by atoms with Crippen LogP contribution in [-0.2, 0) is 4.79 Å². The second kappa shape index (κ2) is 9.22. The van der Waals surface area contributed by atoms with E-state index in [1.54, 1.807) is 0 Å². The number of carbonyl (C=O) groups excluding carboxylic acids is 1. The van der Waals surface area contributed by atoms with Gasteiger partial charge < -0.3 is 9.47 Å². The molecule has 1 aliphatic heterocycles. The molecule has 0 fully saturated rings. The molecule has 5 heteroatoms. The molecule has 1 amide bonds. The molecule has 2 aromatic carbocycles. The van der Waals surface area contributed by atoms with Crippen LogP contribution in [0.3, 0.4) is 0 Å². The lowest BCUT2D eigenvalue weighted by molar-refractivity contribution is -0.114. The van der Waals surface area contributed by atoms with E-state index in [-0.39, 0.29) is 5.91 Å². The molecule has 0 saturated heterocycles. The number of nitrogens with zero attached hydrogens (tertiary/aromatic N) is 2. The van der Waals surface area contributed by atoms with E-state index in [1.165, 1.54) is 5.01 Å². The fourth-order valence-corrected chi connectivity index (χ4v) is 2.92. The number of hydrogen-bond acceptors (Lipinski definition) is 4. The Labute approximate surface area is 166 Å². The summed E-state index contributed by atoms with van der Waals surface area (Å²) in [6.07, 6.45) is 3.92. The van der Waals surface area contributed by atoms with Gasteiger partial charge in [0.2, 0.25) is 0 Å². The molecule has 0 spiro atoms. The zero-order chi connectivity index (χ0) is 19.9. The maximum atomic E-state index is 12.9. The number of amides is 1. The quantitative estimate of drug-likeness (QED) is 0.476. The van der Waals surface area contributed by atoms with E-state index in [9.17, 15) is 4.79 Å². The minimum Gasteiger partial charge on any atom is -0.490 e. The zero-order valence-corrected chi connectivity index (χ0v) is 16.6. The van der Waals surface area contributed by atoms with Crippen LogP contribution in [0, 0.1) is 0 Å². The average molecular weight is 378 g/mol. The van der Waals surface area contributed by atoms with Crippen molar-refractivity contribution in [3.8, 4) is 11.5 Å². The zero-order valence-electron chi connectivity index (χ0n) is 16.6. The van der Waals surface area contributed by atoms with Crippen LogP contribution in [0.2, 0.25) is 0 Å². The maximum absolute atomic E-state index is 12.9. The average Bonchev–Trinajstić information content (AvgIpc) is 2.99. The molecule has 1 aliphatic rings. The number of unbranched alkanes of at least 4 members (excludes halogenated alkanes) is 1. The molecule has 0 aromatic heterocycles. The van der Waals surface area contributed by atoms with Crippen molar-refractivity contribution in [2.45, 2.75) is 33.6 Å². The van der Waals surface area contributed by atoms with Crippen LogP contribution in [0.15, 0.2) is 59.2 Å². The lowest BCUT2D eigenvalue weighted by Crippen LogP contribution is -2.21. The molecule has 0 unspecified atom stereocenters. The molecular weight excluding hydrogens is 352 g/mol. The Morgan fingerprint density at radius 2 is 1.82 bits per heavy atom. The van der Waals surface area contributed by atoms with Crippen molar-refractivity contribution in [2.75, 3.05) is 18.2 Å². The van der Waals surface area contributed by atoms with Gasteiger partial charge in [-0.15, -0.1) is 0 Å². The predicted octanol–water partition coefficient (Wildman–Crippen LogP) is 5.07. The summed E-state index contributed by atoms with van der Waals surface area (Å²) in [4.78, 5) is 12.9. The van der Waals surface area contributed by atoms with E-state index >= 15 is 0 Å². The monoisotopic (exact) mass is 378 g/mol. The van der Waals surface area contributed by atoms with Crippen LogP contribution in [0.5, 0.6) is 11.5 Å². The van der Waals surface area contributed by atoms with Crippen molar-refractivity contribution in [2.24, 2.45) is 5.10 Å². The first-order valence-corrected chi connectivity index (χ1v) is 9.70. The third-order valence-electron chi connectivity index (χ3n) is 4.40. The molecule has 0 aliphatic carbocycles. The van der Waals surface area contributed by atoms with E-state index in [2.05, 4.69) is 12.0 Å². The molecule has 0 radical (unpaired) electrons. The molecule has 0 bridgehead atoms. The molecule has 0 saturated carbocycles. The summed E-state index contributed by atoms with van der Waals surface area (Å²) in [5, 5.41) is 5.86. The summed E-state index contributed by atoms with van der Waals surface area (Å²) < 4.78 is 11.6. The lowest BCUT2D eigenvalue weighted by atomic mass is 10.1. The van der Waals surface area contributed by atoms with E-state index in [1.807, 2.05) is 68.5 Å². The molecular formula is C23H26N2O3. The van der Waals surface area contributed by atoms with Crippen LogP contribution < -0.4 is 14.5 Å². The van der Waals surface area contributed by atoms with Crippen LogP contribution in [0.25, 0.3) is 6.08 Å². The van der Waals surface area contributed by atoms with Crippen molar-refractivity contribution in [3.63, 3.8) is 0 Å². The maximum Gasteiger partial charge on any atom is 0.280 e. The number of anilines is 1. The van der Waals surface area contributed by atoms with Gasteiger partial charge in [-0.1, -0.05) is 37.6 Å². The SMILES string of the molecule is CCCCOc1ccc(C=C2C(=O)N(c3ccccc3)N=C2C)cc1OCC. The van der Waals surface area contributed by atoms with Crippen molar-refractivity contribution in [3.05, 3.63) is 59.7 Å². The van der Waals surface area contributed by atoms with E-state index < -0.39 is 0 Å². The normalized spacial score (nSPS) is 15.1. The van der Waals surface area contributed by atoms with Crippen LogP contribution in [0.4, 0.5) is 5.69 Å². The second-order valence-electron chi connectivity index (χ2n) is 6.54. The number of benzene rings is 2. The Balaban J connectivity index is 1.85. The molecule has 1 heterocycles. The fourth-order valence-electron chi connectivity index (χ4n) is 2.92. The molecule has 3 rings (SSSR count). The van der Waals surface area contributed by atoms with Gasteiger partial charge in [0.05, 0.1) is 30.2 Å². The van der Waals surface area contributed by atoms with Gasteiger partial charge in [0.15, 0.2) is 11.5 Å². The Morgan fingerprint density at radius 3 is 2.54 bits per heavy atom. The van der Waals surface area contributed by atoms with Crippen molar-refractivity contribution in [1.29, 1.82) is 0 Å². The number of rotatable bonds is 8. The van der Waals surface area contributed by atoms with Gasteiger partial charge in [0, 0.05) is 0 Å². The highest BCUT2D eigenvalue weighted by Gasteiger charge is 2.28. The number of ether oxygens (including phenoxy) is 2. The van der Waals surface area contributed by atoms with Gasteiger partial charge in [0.25, 0.3) is 5.91 Å². The highest BCUT2D eigenvalue weighted by atomic mass is 16.5. The first kappa shape index (κ1) is 19.7. The summed E-state index contributed by atoms with van der Waals surface area (Å²) in [6.45, 7) is 7.12. The largest absolute Gasteiger partial charge is 0.490 e. The Bertz CT molecular complexity index is 888. The van der Waals surface area contributed by atoms with Gasteiger partial charge in [0.1, 0.15) is 0 Å². The van der Waals surface area contributed by atoms with Crippen molar-refractivity contribution < 1.29 is 14.3 Å². The fraction of sp³-hybridized carbons (Fsp3) is 0.304. The van der Waals surface area contributed by atoms with Crippen LogP contribution in [-0.4, -0.2) is 24.8 Å². The van der Waals surface area contributed by atoms with Gasteiger partial charge in [-0.3, -0.25) is 4.79 Å². The number of hydrogen-bond donors (Lipinski definition) is 0. The summed E-state index contributed by atoms with van der Waals surface area (Å²) in [6, 6.07) is 15.2. The minimum atomic E-state index is -0.134. The second-order valence-corrected chi connectivity index (χ2v) is 6.54. The third-order valence-corrected chi connectivity index (χ3v) is 4.40. The highest BCUT2D eigenvalue weighted by Crippen LogP contribution is 2.31. The standard InChI is InChI=1S/C23H26N2O3/c1-4-6-14-28-21-13-12-18(16-22(21)27-5-2)15-20-17(3)24-25(23(20)26)19-10-8-7-9-11-19/h7-13,15-16H,4-6,14H2,1-3H3. The number of para-hydroxylation sites is 1. The van der Waals surface area contributed by atoms with Gasteiger partial charge >= 0.3 is 0 Å². The van der Waals surface area contributed by atoms with E-state index in [0.717, 1.165) is 29.8 Å². The molecule has 2 aromatic rings. The van der Waals surface area contributed by atoms with Crippen molar-refractivity contribution in [1.82, 2.24) is 0 Å². The Morgan fingerprint density at radius 1 is 1.04 bits per heavy atom. The van der Waals surface area contributed by atoms with Gasteiger partial charge in [-0.25, -0.2) is 0 Å². The Kier molecular flexibility index (Phi) is 6.48. The van der Waals surface area contributed by atoms with Crippen LogP contribution >= 0.6 is 0 Å². The topological polar surface area (TPSA) is 51.1 Å². The van der Waals surface area contributed by atoms with E-state index in [0.29, 0.717) is 30.2 Å². The summed E-state index contributed by atoms with van der Waals surface area (Å²) in [5.41, 5.74) is 2.89. The molecule has 0 atom stereocenters. The van der Waals surface area contributed by atoms with Gasteiger partial charge in [-0.05, 0) is 56.2 Å². The smallest absolute Gasteiger partial charge is 0.280 e. The van der Waals surface area contributed by atoms with Crippen molar-refractivity contribution >= 4 is 23.4 Å². The summed E-state index contributed by atoms with van der Waals surface area (Å²) in [5.74, 6) is 1.28. The molecule has 28 heavy (non-hydrogen) atoms. The third kappa shape index (κ3) is 4.42. The van der Waals surface area contributed by atoms with E-state index in [4.69, 9.17) is 9.47 Å². The molecule has 0 N–H and O–H groups in total. The highest BCUT2D eigenvalue weighted by molar-refractivity contribution is 6.32. The number of hydrazone groups is 1. The number of carbonyl (C=O) groups is 1. The lowest BCUT2D eigenvalue weighted by Gasteiger charge is -2.13. The van der Waals surface area contributed by atoms with Gasteiger partial charge in [-0.2, -0.15) is 10.1 Å². The summed E-state index contributed by atoms with van der Waals surface area (Å²) >= 11 is 0. The summed E-state index contributed by atoms with van der Waals surface area (Å²) in [7, 11) is 0. The predicted molar refractivity (Wildman–Crippen MR) is 113 cm³/mol. The first-order chi connectivity index (χ1) is 13.6. The van der Waals surface area contributed by atoms with Crippen LogP contribution in [0.1, 0.15) is 39.2 Å². The Hall–Kier alpha value is -3.08. The first-order valence-electron chi connectivity index (χ1n) is 9.70. The molecule has 146 valence electrons.